The first-order valence-corrected chi connectivity index (χ1v) is 8.61. The molecule has 0 bridgehead atoms. The van der Waals surface area contributed by atoms with E-state index in [1.165, 1.54) is 30.3 Å². The summed E-state index contributed by atoms with van der Waals surface area (Å²) in [7, 11) is 0. The zero-order valence-corrected chi connectivity index (χ0v) is 15.7. The summed E-state index contributed by atoms with van der Waals surface area (Å²) in [4.78, 5) is 23.0. The van der Waals surface area contributed by atoms with Crippen LogP contribution in [0.3, 0.4) is 0 Å². The average molecular weight is 382 g/mol. The number of halogens is 1. The first kappa shape index (κ1) is 19.2. The summed E-state index contributed by atoms with van der Waals surface area (Å²) >= 11 is 0. The Hall–Kier alpha value is -3.55. The molecule has 0 aliphatic carbocycles. The Bertz CT molecular complexity index is 1060. The third-order valence-corrected chi connectivity index (χ3v) is 4.52. The van der Waals surface area contributed by atoms with E-state index in [1.54, 1.807) is 30.7 Å². The maximum absolute atomic E-state index is 13.1. The van der Waals surface area contributed by atoms with Gasteiger partial charge in [-0.1, -0.05) is 12.1 Å². The van der Waals surface area contributed by atoms with Gasteiger partial charge in [-0.3, -0.25) is 19.6 Å². The smallest absolute Gasteiger partial charge is 0.272 e. The van der Waals surface area contributed by atoms with Crippen LogP contribution in [0.2, 0.25) is 0 Å². The number of nitrogens with one attached hydrogen (secondary N) is 1. The molecule has 2 aromatic carbocycles. The molecule has 0 saturated carbocycles. The second kappa shape index (κ2) is 7.59. The van der Waals surface area contributed by atoms with Crippen LogP contribution in [0.25, 0.3) is 0 Å². The van der Waals surface area contributed by atoms with Crippen molar-refractivity contribution in [1.29, 1.82) is 0 Å². The van der Waals surface area contributed by atoms with Gasteiger partial charge >= 0.3 is 0 Å². The zero-order chi connectivity index (χ0) is 20.4. The van der Waals surface area contributed by atoms with Gasteiger partial charge in [-0.2, -0.15) is 5.10 Å². The lowest BCUT2D eigenvalue weighted by atomic mass is 10.1. The predicted molar refractivity (Wildman–Crippen MR) is 103 cm³/mol. The molecular formula is C20H19FN4O3. The number of hydrogen-bond donors (Lipinski definition) is 1. The molecule has 28 heavy (non-hydrogen) atoms. The molecule has 1 amide bonds. The molecule has 0 radical (unpaired) electrons. The monoisotopic (exact) mass is 382 g/mol. The average Bonchev–Trinajstić information content (AvgIpc) is 2.90. The van der Waals surface area contributed by atoms with Crippen molar-refractivity contribution >= 4 is 17.3 Å². The zero-order valence-electron chi connectivity index (χ0n) is 15.7. The van der Waals surface area contributed by atoms with Crippen molar-refractivity contribution in [2.75, 3.05) is 5.32 Å². The summed E-state index contributed by atoms with van der Waals surface area (Å²) in [5, 5.41) is 18.2. The van der Waals surface area contributed by atoms with Crippen LogP contribution in [-0.4, -0.2) is 20.6 Å². The molecule has 0 saturated heterocycles. The second-order valence-electron chi connectivity index (χ2n) is 6.54. The summed E-state index contributed by atoms with van der Waals surface area (Å²) in [6.45, 7) is 5.65. The van der Waals surface area contributed by atoms with E-state index < -0.39 is 4.92 Å². The van der Waals surface area contributed by atoms with Crippen LogP contribution in [-0.2, 0) is 6.54 Å². The molecule has 0 fully saturated rings. The first-order chi connectivity index (χ1) is 13.3. The minimum absolute atomic E-state index is 0.0315. The van der Waals surface area contributed by atoms with Gasteiger partial charge < -0.3 is 5.32 Å². The number of benzene rings is 2. The van der Waals surface area contributed by atoms with Crippen molar-refractivity contribution < 1.29 is 14.1 Å². The lowest BCUT2D eigenvalue weighted by molar-refractivity contribution is -0.385. The molecule has 1 N–H and O–H groups in total. The number of hydrogen-bond acceptors (Lipinski definition) is 4. The summed E-state index contributed by atoms with van der Waals surface area (Å²) < 4.78 is 14.8. The maximum atomic E-state index is 13.1. The van der Waals surface area contributed by atoms with E-state index in [0.717, 1.165) is 11.3 Å². The number of carbonyl (C=O) groups excluding carboxylic acids is 1. The largest absolute Gasteiger partial charge is 0.319 e. The Balaban J connectivity index is 1.81. The predicted octanol–water partition coefficient (Wildman–Crippen LogP) is 4.16. The maximum Gasteiger partial charge on any atom is 0.272 e. The van der Waals surface area contributed by atoms with Crippen LogP contribution in [0, 0.1) is 36.7 Å². The van der Waals surface area contributed by atoms with Crippen molar-refractivity contribution in [2.24, 2.45) is 0 Å². The Kier molecular flexibility index (Phi) is 5.21. The fourth-order valence-corrected chi connectivity index (χ4v) is 2.98. The Morgan fingerprint density at radius 3 is 2.46 bits per heavy atom. The highest BCUT2D eigenvalue weighted by molar-refractivity contribution is 6.05. The molecule has 3 rings (SSSR count). The molecule has 0 atom stereocenters. The number of nitro benzene ring substituents is 1. The van der Waals surface area contributed by atoms with Crippen LogP contribution in [0.5, 0.6) is 0 Å². The quantitative estimate of drug-likeness (QED) is 0.530. The first-order valence-electron chi connectivity index (χ1n) is 8.61. The van der Waals surface area contributed by atoms with Crippen LogP contribution in [0.1, 0.15) is 32.9 Å². The minimum Gasteiger partial charge on any atom is -0.319 e. The van der Waals surface area contributed by atoms with Gasteiger partial charge in [0.25, 0.3) is 11.6 Å². The fourth-order valence-electron chi connectivity index (χ4n) is 2.98. The van der Waals surface area contributed by atoms with Gasteiger partial charge in [0.15, 0.2) is 0 Å². The standard InChI is InChI=1S/C20H19FN4O3/c1-12-10-16(6-9-18(12)25(27)28)20(26)22-19-13(2)23-24(14(19)3)11-15-4-7-17(21)8-5-15/h4-10H,11H2,1-3H3,(H,22,26). The van der Waals surface area contributed by atoms with Gasteiger partial charge in [-0.15, -0.1) is 0 Å². The lowest BCUT2D eigenvalue weighted by Crippen LogP contribution is -2.14. The Labute approximate surface area is 161 Å². The second-order valence-corrected chi connectivity index (χ2v) is 6.54. The van der Waals surface area contributed by atoms with Crippen molar-refractivity contribution in [2.45, 2.75) is 27.3 Å². The summed E-state index contributed by atoms with van der Waals surface area (Å²) in [6, 6.07) is 10.4. The van der Waals surface area contributed by atoms with E-state index in [9.17, 15) is 19.3 Å². The molecule has 8 heteroatoms. The van der Waals surface area contributed by atoms with Crippen LogP contribution in [0.15, 0.2) is 42.5 Å². The highest BCUT2D eigenvalue weighted by Crippen LogP contribution is 2.23. The summed E-state index contributed by atoms with van der Waals surface area (Å²) in [6.07, 6.45) is 0. The number of amides is 1. The third kappa shape index (κ3) is 3.90. The number of anilines is 1. The number of rotatable bonds is 5. The molecule has 0 spiro atoms. The van der Waals surface area contributed by atoms with Crippen molar-refractivity contribution in [1.82, 2.24) is 9.78 Å². The molecule has 1 heterocycles. The summed E-state index contributed by atoms with van der Waals surface area (Å²) in [5.74, 6) is -0.672. The normalized spacial score (nSPS) is 10.7. The Morgan fingerprint density at radius 1 is 1.18 bits per heavy atom. The van der Waals surface area contributed by atoms with Gasteiger partial charge in [0.2, 0.25) is 0 Å². The van der Waals surface area contributed by atoms with Crippen molar-refractivity contribution in [3.8, 4) is 0 Å². The molecule has 1 aromatic heterocycles. The minimum atomic E-state index is -0.481. The fraction of sp³-hybridized carbons (Fsp3) is 0.200. The number of nitrogens with zero attached hydrogens (tertiary/aromatic N) is 3. The number of aryl methyl sites for hydroxylation is 2. The Morgan fingerprint density at radius 2 is 1.86 bits per heavy atom. The summed E-state index contributed by atoms with van der Waals surface area (Å²) in [5.41, 5.74) is 3.58. The third-order valence-electron chi connectivity index (χ3n) is 4.52. The molecule has 144 valence electrons. The molecule has 7 nitrogen and oxygen atoms in total. The topological polar surface area (TPSA) is 90.1 Å². The lowest BCUT2D eigenvalue weighted by Gasteiger charge is -2.08. The molecule has 0 aliphatic rings. The molecule has 3 aromatic rings. The van der Waals surface area contributed by atoms with Gasteiger partial charge in [0, 0.05) is 17.2 Å². The van der Waals surface area contributed by atoms with E-state index >= 15 is 0 Å². The van der Waals surface area contributed by atoms with Gasteiger partial charge in [-0.05, 0) is 50.6 Å². The van der Waals surface area contributed by atoms with E-state index in [-0.39, 0.29) is 17.4 Å². The SMILES string of the molecule is Cc1cc(C(=O)Nc2c(C)nn(Cc3ccc(F)cc3)c2C)ccc1[N+](=O)[O-]. The van der Waals surface area contributed by atoms with Crippen molar-refractivity contribution in [3.63, 3.8) is 0 Å². The van der Waals surface area contributed by atoms with Gasteiger partial charge in [0.1, 0.15) is 5.82 Å². The number of aromatic nitrogens is 2. The van der Waals surface area contributed by atoms with E-state index in [4.69, 9.17) is 0 Å². The van der Waals surface area contributed by atoms with Gasteiger partial charge in [-0.25, -0.2) is 4.39 Å². The van der Waals surface area contributed by atoms with Crippen LogP contribution in [0.4, 0.5) is 15.8 Å². The van der Waals surface area contributed by atoms with Gasteiger partial charge in [0.05, 0.1) is 28.5 Å². The number of carbonyl (C=O) groups is 1. The van der Waals surface area contributed by atoms with E-state index in [1.807, 2.05) is 6.92 Å². The number of nitro groups is 1. The highest BCUT2D eigenvalue weighted by atomic mass is 19.1. The van der Waals surface area contributed by atoms with E-state index in [2.05, 4.69) is 10.4 Å². The molecular weight excluding hydrogens is 363 g/mol. The highest BCUT2D eigenvalue weighted by Gasteiger charge is 2.18. The van der Waals surface area contributed by atoms with E-state index in [0.29, 0.717) is 29.1 Å². The van der Waals surface area contributed by atoms with Crippen LogP contribution < -0.4 is 5.32 Å². The molecule has 0 aliphatic heterocycles. The molecule has 0 unspecified atom stereocenters. The van der Waals surface area contributed by atoms with Crippen molar-refractivity contribution in [3.05, 3.63) is 86.5 Å². The van der Waals surface area contributed by atoms with Crippen LogP contribution >= 0.6 is 0 Å².